The first-order chi connectivity index (χ1) is 10.5. The van der Waals surface area contributed by atoms with E-state index in [-0.39, 0.29) is 30.9 Å². The van der Waals surface area contributed by atoms with Crippen molar-refractivity contribution in [3.8, 4) is 5.75 Å². The molecule has 1 atom stereocenters. The van der Waals surface area contributed by atoms with E-state index in [4.69, 9.17) is 16.3 Å². The van der Waals surface area contributed by atoms with Crippen molar-refractivity contribution < 1.29 is 19.1 Å². The van der Waals surface area contributed by atoms with Crippen LogP contribution in [0.3, 0.4) is 0 Å². The van der Waals surface area contributed by atoms with E-state index in [9.17, 15) is 9.59 Å². The Labute approximate surface area is 136 Å². The van der Waals surface area contributed by atoms with Crippen LogP contribution in [0.1, 0.15) is 26.7 Å². The number of nitrogens with zero attached hydrogens (tertiary/aromatic N) is 1. The Morgan fingerprint density at radius 3 is 2.45 bits per heavy atom. The van der Waals surface area contributed by atoms with Crippen LogP contribution in [0, 0.1) is 0 Å². The molecule has 122 valence electrons. The lowest BCUT2D eigenvalue weighted by Crippen LogP contribution is -2.42. The van der Waals surface area contributed by atoms with Crippen LogP contribution in [0.15, 0.2) is 24.3 Å². The minimum atomic E-state index is -0.334. The average molecular weight is 328 g/mol. The number of ether oxygens (including phenoxy) is 2. The maximum absolute atomic E-state index is 12.3. The fraction of sp³-hybridized carbons (Fsp3) is 0.500. The summed E-state index contributed by atoms with van der Waals surface area (Å²) in [5.74, 6) is 0.0859. The van der Waals surface area contributed by atoms with Crippen LogP contribution in [0.5, 0.6) is 5.75 Å². The van der Waals surface area contributed by atoms with E-state index >= 15 is 0 Å². The van der Waals surface area contributed by atoms with Crippen molar-refractivity contribution in [2.24, 2.45) is 0 Å². The summed E-state index contributed by atoms with van der Waals surface area (Å²) in [4.78, 5) is 25.2. The number of hydrogen-bond donors (Lipinski definition) is 0. The summed E-state index contributed by atoms with van der Waals surface area (Å²) >= 11 is 5.80. The van der Waals surface area contributed by atoms with Crippen molar-refractivity contribution in [3.05, 3.63) is 29.3 Å². The Balaban J connectivity index is 2.58. The first kappa shape index (κ1) is 18.3. The number of halogens is 1. The summed E-state index contributed by atoms with van der Waals surface area (Å²) < 4.78 is 10.1. The average Bonchev–Trinajstić information content (AvgIpc) is 2.53. The summed E-state index contributed by atoms with van der Waals surface area (Å²) in [7, 11) is 1.33. The lowest BCUT2D eigenvalue weighted by molar-refractivity contribution is -0.142. The van der Waals surface area contributed by atoms with Gasteiger partial charge in [-0.15, -0.1) is 0 Å². The van der Waals surface area contributed by atoms with E-state index in [1.807, 2.05) is 13.8 Å². The second-order valence-electron chi connectivity index (χ2n) is 4.91. The highest BCUT2D eigenvalue weighted by atomic mass is 35.5. The molecule has 0 saturated heterocycles. The number of hydrogen-bond acceptors (Lipinski definition) is 4. The molecule has 0 saturated carbocycles. The zero-order chi connectivity index (χ0) is 16.5. The molecule has 0 spiro atoms. The van der Waals surface area contributed by atoms with E-state index in [1.54, 1.807) is 29.2 Å². The maximum atomic E-state index is 12.3. The van der Waals surface area contributed by atoms with Crippen LogP contribution in [-0.2, 0) is 14.3 Å². The number of rotatable bonds is 8. The lowest BCUT2D eigenvalue weighted by atomic mass is 10.2. The highest BCUT2D eigenvalue weighted by Crippen LogP contribution is 2.16. The molecule has 0 aliphatic rings. The summed E-state index contributed by atoms with van der Waals surface area (Å²) in [5, 5.41) is 0.609. The number of carbonyl (C=O) groups is 2. The minimum Gasteiger partial charge on any atom is -0.484 e. The monoisotopic (exact) mass is 327 g/mol. The smallest absolute Gasteiger partial charge is 0.307 e. The van der Waals surface area contributed by atoms with Gasteiger partial charge in [0.2, 0.25) is 0 Å². The van der Waals surface area contributed by atoms with Gasteiger partial charge < -0.3 is 14.4 Å². The van der Waals surface area contributed by atoms with Crippen molar-refractivity contribution in [1.82, 2.24) is 4.90 Å². The molecule has 0 heterocycles. The van der Waals surface area contributed by atoms with Gasteiger partial charge in [-0.1, -0.05) is 18.5 Å². The van der Waals surface area contributed by atoms with Gasteiger partial charge in [-0.25, -0.2) is 0 Å². The van der Waals surface area contributed by atoms with Gasteiger partial charge in [0.1, 0.15) is 5.75 Å². The molecule has 5 nitrogen and oxygen atoms in total. The molecule has 0 aromatic heterocycles. The largest absolute Gasteiger partial charge is 0.484 e. The fourth-order valence-electron chi connectivity index (χ4n) is 1.88. The molecule has 1 rings (SSSR count). The molecule has 1 aromatic rings. The number of amides is 1. The second kappa shape index (κ2) is 9.30. The fourth-order valence-corrected chi connectivity index (χ4v) is 2.01. The number of esters is 1. The van der Waals surface area contributed by atoms with Gasteiger partial charge in [-0.3, -0.25) is 9.59 Å². The third-order valence-corrected chi connectivity index (χ3v) is 3.66. The van der Waals surface area contributed by atoms with Crippen LogP contribution in [-0.4, -0.2) is 43.1 Å². The van der Waals surface area contributed by atoms with Gasteiger partial charge in [0, 0.05) is 17.6 Å². The molecule has 0 fully saturated rings. The SMILES string of the molecule is CCC(C)N(CCC(=O)OC)C(=O)COc1ccc(Cl)cc1. The van der Waals surface area contributed by atoms with Crippen molar-refractivity contribution in [1.29, 1.82) is 0 Å². The van der Waals surface area contributed by atoms with Crippen LogP contribution in [0.4, 0.5) is 0 Å². The Morgan fingerprint density at radius 2 is 1.91 bits per heavy atom. The zero-order valence-electron chi connectivity index (χ0n) is 13.2. The molecular formula is C16H22ClNO4. The molecule has 1 aromatic carbocycles. The predicted molar refractivity (Wildman–Crippen MR) is 85.0 cm³/mol. The molecule has 1 amide bonds. The molecule has 0 bridgehead atoms. The first-order valence-corrected chi connectivity index (χ1v) is 7.60. The molecule has 0 aliphatic heterocycles. The first-order valence-electron chi connectivity index (χ1n) is 7.22. The highest BCUT2D eigenvalue weighted by Gasteiger charge is 2.20. The van der Waals surface area contributed by atoms with Crippen molar-refractivity contribution in [3.63, 3.8) is 0 Å². The standard InChI is InChI=1S/C16H22ClNO4/c1-4-12(2)18(10-9-16(20)21-3)15(19)11-22-14-7-5-13(17)6-8-14/h5-8,12H,4,9-11H2,1-3H3. The van der Waals surface area contributed by atoms with Crippen molar-refractivity contribution in [2.45, 2.75) is 32.7 Å². The van der Waals surface area contributed by atoms with E-state index in [0.717, 1.165) is 6.42 Å². The van der Waals surface area contributed by atoms with Crippen molar-refractivity contribution >= 4 is 23.5 Å². The number of carbonyl (C=O) groups excluding carboxylic acids is 2. The molecule has 0 radical (unpaired) electrons. The summed E-state index contributed by atoms with van der Waals surface area (Å²) in [6, 6.07) is 6.84. The van der Waals surface area contributed by atoms with Gasteiger partial charge in [-0.05, 0) is 37.6 Å². The van der Waals surface area contributed by atoms with Gasteiger partial charge in [0.05, 0.1) is 13.5 Å². The summed E-state index contributed by atoms with van der Waals surface area (Å²) in [6.07, 6.45) is 0.974. The lowest BCUT2D eigenvalue weighted by Gasteiger charge is -2.28. The highest BCUT2D eigenvalue weighted by molar-refractivity contribution is 6.30. The minimum absolute atomic E-state index is 0.0333. The molecular weight excluding hydrogens is 306 g/mol. The summed E-state index contributed by atoms with van der Waals surface area (Å²) in [6.45, 7) is 4.18. The maximum Gasteiger partial charge on any atom is 0.307 e. The van der Waals surface area contributed by atoms with E-state index in [0.29, 0.717) is 17.3 Å². The van der Waals surface area contributed by atoms with Gasteiger partial charge in [0.25, 0.3) is 5.91 Å². The van der Waals surface area contributed by atoms with Crippen LogP contribution in [0.2, 0.25) is 5.02 Å². The molecule has 0 aliphatic carbocycles. The van der Waals surface area contributed by atoms with Gasteiger partial charge in [0.15, 0.2) is 6.61 Å². The predicted octanol–water partition coefficient (Wildman–Crippen LogP) is 2.91. The third-order valence-electron chi connectivity index (χ3n) is 3.40. The Bertz CT molecular complexity index is 489. The Morgan fingerprint density at radius 1 is 1.27 bits per heavy atom. The molecule has 22 heavy (non-hydrogen) atoms. The topological polar surface area (TPSA) is 55.8 Å². The van der Waals surface area contributed by atoms with E-state index < -0.39 is 0 Å². The normalized spacial score (nSPS) is 11.6. The molecule has 6 heteroatoms. The number of methoxy groups -OCH3 is 1. The van der Waals surface area contributed by atoms with E-state index in [1.165, 1.54) is 7.11 Å². The molecule has 1 unspecified atom stereocenters. The van der Waals surface area contributed by atoms with Crippen LogP contribution < -0.4 is 4.74 Å². The van der Waals surface area contributed by atoms with E-state index in [2.05, 4.69) is 4.74 Å². The van der Waals surface area contributed by atoms with Crippen LogP contribution >= 0.6 is 11.6 Å². The second-order valence-corrected chi connectivity index (χ2v) is 5.35. The van der Waals surface area contributed by atoms with Crippen LogP contribution in [0.25, 0.3) is 0 Å². The summed E-state index contributed by atoms with van der Waals surface area (Å²) in [5.41, 5.74) is 0. The zero-order valence-corrected chi connectivity index (χ0v) is 13.9. The Kier molecular flexibility index (Phi) is 7.74. The van der Waals surface area contributed by atoms with Gasteiger partial charge in [-0.2, -0.15) is 0 Å². The molecule has 0 N–H and O–H groups in total. The Hall–Kier alpha value is -1.75. The van der Waals surface area contributed by atoms with Crippen molar-refractivity contribution in [2.75, 3.05) is 20.3 Å². The number of benzene rings is 1. The quantitative estimate of drug-likeness (QED) is 0.689. The van der Waals surface area contributed by atoms with Gasteiger partial charge >= 0.3 is 5.97 Å². The third kappa shape index (κ3) is 5.93.